The maximum absolute atomic E-state index is 12.4. The number of aliphatic carboxylic acids is 1. The summed E-state index contributed by atoms with van der Waals surface area (Å²) in [6, 6.07) is 0.339. The third kappa shape index (κ3) is 5.94. The molecule has 0 aliphatic carbocycles. The van der Waals surface area contributed by atoms with Crippen LogP contribution in [0.25, 0.3) is 0 Å². The van der Waals surface area contributed by atoms with Crippen LogP contribution in [0.2, 0.25) is 0 Å². The fraction of sp³-hybridized carbons (Fsp3) is 0.882. The van der Waals surface area contributed by atoms with E-state index in [4.69, 9.17) is 14.7 Å². The zero-order chi connectivity index (χ0) is 17.7. The van der Waals surface area contributed by atoms with Gasteiger partial charge in [0.2, 0.25) is 0 Å². The second-order valence-corrected chi connectivity index (χ2v) is 7.79. The molecule has 2 fully saturated rings. The number of carboxylic acids is 1. The van der Waals surface area contributed by atoms with E-state index in [9.17, 15) is 9.59 Å². The number of likely N-dealkylation sites (tertiary alicyclic amines) is 1. The average Bonchev–Trinajstić information content (AvgIpc) is 2.90. The minimum Gasteiger partial charge on any atom is -0.481 e. The van der Waals surface area contributed by atoms with Crippen molar-refractivity contribution in [1.29, 1.82) is 0 Å². The van der Waals surface area contributed by atoms with Gasteiger partial charge in [0, 0.05) is 18.6 Å². The van der Waals surface area contributed by atoms with Crippen molar-refractivity contribution in [3.8, 4) is 0 Å². The first-order valence-electron chi connectivity index (χ1n) is 8.87. The lowest BCUT2D eigenvalue weighted by Crippen LogP contribution is -2.46. The Morgan fingerprint density at radius 2 is 2.04 bits per heavy atom. The summed E-state index contributed by atoms with van der Waals surface area (Å²) in [6.07, 6.45) is 5.10. The molecule has 7 nitrogen and oxygen atoms in total. The van der Waals surface area contributed by atoms with Gasteiger partial charge in [0.05, 0.1) is 12.5 Å². The molecule has 138 valence electrons. The Bertz CT molecular complexity index is 449. The van der Waals surface area contributed by atoms with Gasteiger partial charge in [-0.1, -0.05) is 0 Å². The normalized spacial score (nSPS) is 28.0. The van der Waals surface area contributed by atoms with Gasteiger partial charge in [0.1, 0.15) is 5.60 Å². The average molecular weight is 342 g/mol. The molecular formula is C17H30N2O5. The molecule has 3 atom stereocenters. The van der Waals surface area contributed by atoms with E-state index in [1.807, 2.05) is 25.7 Å². The smallest absolute Gasteiger partial charge is 0.410 e. The van der Waals surface area contributed by atoms with E-state index in [-0.39, 0.29) is 30.7 Å². The zero-order valence-electron chi connectivity index (χ0n) is 14.9. The van der Waals surface area contributed by atoms with Crippen LogP contribution in [0.5, 0.6) is 0 Å². The topological polar surface area (TPSA) is 88.1 Å². The largest absolute Gasteiger partial charge is 0.481 e. The molecule has 2 rings (SSSR count). The number of piperidine rings is 1. The van der Waals surface area contributed by atoms with Gasteiger partial charge in [-0.05, 0) is 59.3 Å². The van der Waals surface area contributed by atoms with Crippen LogP contribution in [0.1, 0.15) is 65.7 Å². The predicted octanol–water partition coefficient (Wildman–Crippen LogP) is 2.69. The third-order valence-corrected chi connectivity index (χ3v) is 4.45. The molecule has 2 heterocycles. The van der Waals surface area contributed by atoms with Crippen LogP contribution in [-0.2, 0) is 14.4 Å². The van der Waals surface area contributed by atoms with Crippen LogP contribution in [0.3, 0.4) is 0 Å². The van der Waals surface area contributed by atoms with Crippen molar-refractivity contribution in [3.63, 3.8) is 0 Å². The van der Waals surface area contributed by atoms with Crippen molar-refractivity contribution in [1.82, 2.24) is 10.4 Å². The molecule has 24 heavy (non-hydrogen) atoms. The van der Waals surface area contributed by atoms with Crippen LogP contribution in [0.15, 0.2) is 0 Å². The number of amides is 1. The SMILES string of the molecule is CC(C)(C)OC(=O)N1CCCCC1CC[C@H]1C[C@H](CC(=O)O)ON1. The number of nitrogens with one attached hydrogen (secondary N) is 1. The molecule has 2 N–H and O–H groups in total. The van der Waals surface area contributed by atoms with Crippen LogP contribution in [-0.4, -0.2) is 52.4 Å². The van der Waals surface area contributed by atoms with E-state index in [0.29, 0.717) is 6.42 Å². The molecule has 0 radical (unpaired) electrons. The quantitative estimate of drug-likeness (QED) is 0.799. The molecule has 7 heteroatoms. The highest BCUT2D eigenvalue weighted by Gasteiger charge is 2.32. The predicted molar refractivity (Wildman–Crippen MR) is 88.5 cm³/mol. The van der Waals surface area contributed by atoms with Crippen LogP contribution in [0, 0.1) is 0 Å². The number of nitrogens with zero attached hydrogens (tertiary/aromatic N) is 1. The zero-order valence-corrected chi connectivity index (χ0v) is 14.9. The summed E-state index contributed by atoms with van der Waals surface area (Å²) in [5.41, 5.74) is 2.45. The summed E-state index contributed by atoms with van der Waals surface area (Å²) in [5, 5.41) is 8.82. The molecule has 2 aliphatic heterocycles. The van der Waals surface area contributed by atoms with Crippen LogP contribution < -0.4 is 5.48 Å². The van der Waals surface area contributed by atoms with Crippen molar-refractivity contribution in [2.45, 2.75) is 89.5 Å². The number of hydroxylamine groups is 1. The molecule has 0 aromatic rings. The Kier molecular flexibility index (Phi) is 6.46. The van der Waals surface area contributed by atoms with Gasteiger partial charge in [-0.25, -0.2) is 4.79 Å². The van der Waals surface area contributed by atoms with Crippen LogP contribution in [0.4, 0.5) is 4.79 Å². The maximum atomic E-state index is 12.4. The van der Waals surface area contributed by atoms with Gasteiger partial charge in [0.15, 0.2) is 0 Å². The van der Waals surface area contributed by atoms with Crippen molar-refractivity contribution in [3.05, 3.63) is 0 Å². The Morgan fingerprint density at radius 3 is 2.71 bits per heavy atom. The molecule has 0 bridgehead atoms. The second kappa shape index (κ2) is 8.16. The standard InChI is InChI=1S/C17H30N2O5/c1-17(2,3)23-16(22)19-9-5-4-6-13(19)8-7-12-10-14(24-18-12)11-15(20)21/h12-14,18H,4-11H2,1-3H3,(H,20,21)/t12-,13?,14+/m0/s1. The van der Waals surface area contributed by atoms with E-state index >= 15 is 0 Å². The number of carbonyl (C=O) groups excluding carboxylic acids is 1. The molecule has 1 amide bonds. The van der Waals surface area contributed by atoms with Gasteiger partial charge >= 0.3 is 12.1 Å². The van der Waals surface area contributed by atoms with Gasteiger partial charge in [-0.15, -0.1) is 0 Å². The van der Waals surface area contributed by atoms with Crippen molar-refractivity contribution in [2.24, 2.45) is 0 Å². The number of carbonyl (C=O) groups is 2. The minimum atomic E-state index is -0.842. The Labute approximate surface area is 143 Å². The summed E-state index contributed by atoms with van der Waals surface area (Å²) in [4.78, 5) is 30.3. The maximum Gasteiger partial charge on any atom is 0.410 e. The Balaban J connectivity index is 1.81. The fourth-order valence-electron chi connectivity index (χ4n) is 3.36. The summed E-state index contributed by atoms with van der Waals surface area (Å²) < 4.78 is 5.52. The van der Waals surface area contributed by atoms with E-state index in [0.717, 1.165) is 38.6 Å². The van der Waals surface area contributed by atoms with Crippen molar-refractivity contribution in [2.75, 3.05) is 6.54 Å². The van der Waals surface area contributed by atoms with E-state index in [1.54, 1.807) is 0 Å². The van der Waals surface area contributed by atoms with Gasteiger partial charge in [-0.2, -0.15) is 5.48 Å². The third-order valence-electron chi connectivity index (χ3n) is 4.45. The minimum absolute atomic E-state index is 0.0248. The van der Waals surface area contributed by atoms with Crippen molar-refractivity contribution >= 4 is 12.1 Å². The van der Waals surface area contributed by atoms with E-state index in [2.05, 4.69) is 5.48 Å². The summed E-state index contributed by atoms with van der Waals surface area (Å²) in [6.45, 7) is 6.39. The molecule has 0 aromatic carbocycles. The number of ether oxygens (including phenoxy) is 1. The highest BCUT2D eigenvalue weighted by atomic mass is 16.7. The van der Waals surface area contributed by atoms with Gasteiger partial charge < -0.3 is 14.7 Å². The Morgan fingerprint density at radius 1 is 1.29 bits per heavy atom. The highest BCUT2D eigenvalue weighted by molar-refractivity contribution is 5.68. The van der Waals surface area contributed by atoms with Gasteiger partial charge in [-0.3, -0.25) is 9.63 Å². The molecular weight excluding hydrogens is 312 g/mol. The summed E-state index contributed by atoms with van der Waals surface area (Å²) in [7, 11) is 0. The lowest BCUT2D eigenvalue weighted by molar-refractivity contribution is -0.140. The Hall–Kier alpha value is -1.34. The monoisotopic (exact) mass is 342 g/mol. The molecule has 0 spiro atoms. The van der Waals surface area contributed by atoms with Crippen molar-refractivity contribution < 1.29 is 24.3 Å². The number of rotatable bonds is 5. The summed E-state index contributed by atoms with van der Waals surface area (Å²) >= 11 is 0. The highest BCUT2D eigenvalue weighted by Crippen LogP contribution is 2.26. The number of carboxylic acid groups (broad SMARTS) is 1. The van der Waals surface area contributed by atoms with E-state index in [1.165, 1.54) is 0 Å². The molecule has 0 saturated carbocycles. The first-order valence-corrected chi connectivity index (χ1v) is 8.87. The number of hydrogen-bond donors (Lipinski definition) is 2. The molecule has 0 aromatic heterocycles. The first-order chi connectivity index (χ1) is 11.2. The lowest BCUT2D eigenvalue weighted by Gasteiger charge is -2.37. The second-order valence-electron chi connectivity index (χ2n) is 7.79. The lowest BCUT2D eigenvalue weighted by atomic mass is 9.95. The molecule has 1 unspecified atom stereocenters. The van der Waals surface area contributed by atoms with E-state index < -0.39 is 11.6 Å². The number of hydrogen-bond acceptors (Lipinski definition) is 5. The van der Waals surface area contributed by atoms with Crippen LogP contribution >= 0.6 is 0 Å². The molecule has 2 aliphatic rings. The van der Waals surface area contributed by atoms with Gasteiger partial charge in [0.25, 0.3) is 0 Å². The molecule has 2 saturated heterocycles. The fourth-order valence-corrected chi connectivity index (χ4v) is 3.36. The summed E-state index contributed by atoms with van der Waals surface area (Å²) in [5.74, 6) is -0.842. The first kappa shape index (κ1) is 19.0.